The topological polar surface area (TPSA) is 49.8 Å². The number of aliphatic hydroxyl groups excluding tert-OH is 1. The summed E-state index contributed by atoms with van der Waals surface area (Å²) in [6.45, 7) is 5.76. The molecule has 1 aliphatic rings. The molecule has 0 unspecified atom stereocenters. The maximum atomic E-state index is 13.1. The zero-order valence-corrected chi connectivity index (χ0v) is 10.6. The fourth-order valence-corrected chi connectivity index (χ4v) is 1.67. The van der Waals surface area contributed by atoms with E-state index in [-0.39, 0.29) is 13.5 Å². The number of hydrogen-bond donors (Lipinski definition) is 1. The number of aliphatic hydroxyl groups is 1. The summed E-state index contributed by atoms with van der Waals surface area (Å²) in [6, 6.07) is 0. The highest BCUT2D eigenvalue weighted by Crippen LogP contribution is 2.22. The fourth-order valence-electron chi connectivity index (χ4n) is 1.67. The van der Waals surface area contributed by atoms with E-state index in [0.29, 0.717) is 31.5 Å². The van der Waals surface area contributed by atoms with Gasteiger partial charge >= 0.3 is 6.09 Å². The number of carbonyl (C=O) groups is 1. The molecule has 1 aliphatic heterocycles. The maximum absolute atomic E-state index is 13.1. The molecular formula is C13H24FNO3. The third-order valence-electron chi connectivity index (χ3n) is 2.54. The summed E-state index contributed by atoms with van der Waals surface area (Å²) in [7, 11) is 0. The van der Waals surface area contributed by atoms with Crippen molar-refractivity contribution in [2.75, 3.05) is 19.7 Å². The molecule has 0 saturated carbocycles. The van der Waals surface area contributed by atoms with Crippen LogP contribution in [0.4, 0.5) is 9.18 Å². The summed E-state index contributed by atoms with van der Waals surface area (Å²) < 4.78 is 18.3. The Morgan fingerprint density at radius 2 is 1.89 bits per heavy atom. The molecular weight excluding hydrogens is 237 g/mol. The van der Waals surface area contributed by atoms with Crippen LogP contribution in [-0.2, 0) is 4.74 Å². The van der Waals surface area contributed by atoms with Crippen LogP contribution in [0.5, 0.6) is 0 Å². The Hall–Kier alpha value is -1.10. The zero-order chi connectivity index (χ0) is 13.1. The second kappa shape index (κ2) is 6.73. The van der Waals surface area contributed by atoms with Gasteiger partial charge in [0, 0.05) is 13.1 Å². The van der Waals surface area contributed by atoms with Gasteiger partial charge < -0.3 is 14.7 Å². The molecule has 4 nitrogen and oxygen atoms in total. The summed E-state index contributed by atoms with van der Waals surface area (Å²) in [5.41, 5.74) is 0.0936. The first-order valence-corrected chi connectivity index (χ1v) is 5.78. The van der Waals surface area contributed by atoms with E-state index in [0.717, 1.165) is 0 Å². The van der Waals surface area contributed by atoms with Gasteiger partial charge in [-0.05, 0) is 39.2 Å². The lowest BCUT2D eigenvalue weighted by molar-refractivity contribution is 0.0234. The highest BCUT2D eigenvalue weighted by molar-refractivity contribution is 5.68. The van der Waals surface area contributed by atoms with Crippen LogP contribution in [0.2, 0.25) is 0 Å². The lowest BCUT2D eigenvalue weighted by Crippen LogP contribution is -2.40. The molecule has 1 heterocycles. The molecule has 5 heteroatoms. The van der Waals surface area contributed by atoms with E-state index >= 15 is 0 Å². The fraction of sp³-hybridized carbons (Fsp3) is 0.769. The summed E-state index contributed by atoms with van der Waals surface area (Å²) in [5, 5.41) is 8.68. The van der Waals surface area contributed by atoms with E-state index in [1.165, 1.54) is 0 Å². The van der Waals surface area contributed by atoms with Crippen molar-refractivity contribution < 1.29 is 19.0 Å². The Morgan fingerprint density at radius 3 is 2.28 bits per heavy atom. The van der Waals surface area contributed by atoms with Gasteiger partial charge in [-0.25, -0.2) is 9.18 Å². The second-order valence-corrected chi connectivity index (χ2v) is 5.13. The molecule has 0 aromatic heterocycles. The van der Waals surface area contributed by atoms with Crippen molar-refractivity contribution in [1.82, 2.24) is 4.90 Å². The SMILES string of the molecule is C.CC(C)(C)OC(=O)N1CCC(=C(F)CO)CC1. The van der Waals surface area contributed by atoms with Crippen LogP contribution in [0.25, 0.3) is 0 Å². The zero-order valence-electron chi connectivity index (χ0n) is 10.6. The van der Waals surface area contributed by atoms with Crippen LogP contribution in [0.3, 0.4) is 0 Å². The minimum Gasteiger partial charge on any atom is -0.444 e. The van der Waals surface area contributed by atoms with E-state index in [4.69, 9.17) is 9.84 Å². The smallest absolute Gasteiger partial charge is 0.410 e. The van der Waals surface area contributed by atoms with E-state index in [2.05, 4.69) is 0 Å². The molecule has 0 bridgehead atoms. The highest BCUT2D eigenvalue weighted by Gasteiger charge is 2.25. The molecule has 1 rings (SSSR count). The van der Waals surface area contributed by atoms with E-state index in [9.17, 15) is 9.18 Å². The van der Waals surface area contributed by atoms with Crippen molar-refractivity contribution in [2.24, 2.45) is 0 Å². The molecule has 0 aromatic rings. The van der Waals surface area contributed by atoms with Gasteiger partial charge in [-0.3, -0.25) is 0 Å². The number of hydrogen-bond acceptors (Lipinski definition) is 3. The molecule has 0 radical (unpaired) electrons. The number of amides is 1. The molecule has 0 aromatic carbocycles. The Morgan fingerprint density at radius 1 is 1.39 bits per heavy atom. The van der Waals surface area contributed by atoms with Crippen LogP contribution >= 0.6 is 0 Å². The predicted molar refractivity (Wildman–Crippen MR) is 69.0 cm³/mol. The van der Waals surface area contributed by atoms with Gasteiger partial charge in [0.05, 0.1) is 6.61 Å². The first-order chi connectivity index (χ1) is 7.83. The number of likely N-dealkylation sites (tertiary alicyclic amines) is 1. The van der Waals surface area contributed by atoms with Gasteiger partial charge in [-0.2, -0.15) is 0 Å². The number of carbonyl (C=O) groups excluding carboxylic acids is 1. The summed E-state index contributed by atoms with van der Waals surface area (Å²) >= 11 is 0. The molecule has 18 heavy (non-hydrogen) atoms. The quantitative estimate of drug-likeness (QED) is 0.789. The molecule has 106 valence electrons. The molecule has 1 amide bonds. The van der Waals surface area contributed by atoms with Crippen molar-refractivity contribution in [3.63, 3.8) is 0 Å². The van der Waals surface area contributed by atoms with Crippen molar-refractivity contribution >= 4 is 6.09 Å². The van der Waals surface area contributed by atoms with Crippen LogP contribution < -0.4 is 0 Å². The molecule has 0 atom stereocenters. The summed E-state index contributed by atoms with van der Waals surface area (Å²) in [5.74, 6) is -0.464. The predicted octanol–water partition coefficient (Wildman–Crippen LogP) is 2.87. The molecule has 1 fully saturated rings. The first kappa shape index (κ1) is 16.9. The number of halogens is 1. The molecule has 0 aliphatic carbocycles. The van der Waals surface area contributed by atoms with Gasteiger partial charge in [0.1, 0.15) is 11.4 Å². The van der Waals surface area contributed by atoms with Crippen molar-refractivity contribution in [3.05, 3.63) is 11.4 Å². The largest absolute Gasteiger partial charge is 0.444 e. The Bertz CT molecular complexity index is 311. The average Bonchev–Trinajstić information content (AvgIpc) is 2.26. The van der Waals surface area contributed by atoms with E-state index < -0.39 is 18.0 Å². The molecule has 1 N–H and O–H groups in total. The number of rotatable bonds is 1. The molecule has 1 saturated heterocycles. The van der Waals surface area contributed by atoms with Gasteiger partial charge in [0.2, 0.25) is 0 Å². The van der Waals surface area contributed by atoms with Gasteiger partial charge in [0.15, 0.2) is 0 Å². The van der Waals surface area contributed by atoms with Crippen LogP contribution in [0.1, 0.15) is 41.0 Å². The Labute approximate surface area is 108 Å². The first-order valence-electron chi connectivity index (χ1n) is 5.78. The van der Waals surface area contributed by atoms with Gasteiger partial charge in [-0.15, -0.1) is 0 Å². The van der Waals surface area contributed by atoms with Crippen LogP contribution in [0.15, 0.2) is 11.4 Å². The third-order valence-corrected chi connectivity index (χ3v) is 2.54. The van der Waals surface area contributed by atoms with Crippen molar-refractivity contribution in [3.8, 4) is 0 Å². The van der Waals surface area contributed by atoms with Crippen molar-refractivity contribution in [2.45, 2.75) is 46.6 Å². The van der Waals surface area contributed by atoms with Crippen LogP contribution in [0, 0.1) is 0 Å². The lowest BCUT2D eigenvalue weighted by Gasteiger charge is -2.31. The van der Waals surface area contributed by atoms with Gasteiger partial charge in [0.25, 0.3) is 0 Å². The summed E-state index contributed by atoms with van der Waals surface area (Å²) in [4.78, 5) is 13.3. The van der Waals surface area contributed by atoms with E-state index in [1.54, 1.807) is 4.90 Å². The standard InChI is InChI=1S/C12H20FNO3.CH4/c1-12(2,3)17-11(16)14-6-4-9(5-7-14)10(13)8-15;/h15H,4-8H2,1-3H3;1H4. The number of nitrogens with zero attached hydrogens (tertiary/aromatic N) is 1. The third kappa shape index (κ3) is 5.04. The Kier molecular flexibility index (Phi) is 6.32. The summed E-state index contributed by atoms with van der Waals surface area (Å²) in [6.07, 6.45) is 0.568. The van der Waals surface area contributed by atoms with Crippen LogP contribution in [-0.4, -0.2) is 41.4 Å². The minimum atomic E-state index is -0.554. The van der Waals surface area contributed by atoms with Crippen molar-refractivity contribution in [1.29, 1.82) is 0 Å². The molecule has 0 spiro atoms. The minimum absolute atomic E-state index is 0. The number of piperidine rings is 1. The average molecular weight is 261 g/mol. The Balaban J connectivity index is 0.00000289. The van der Waals surface area contributed by atoms with Gasteiger partial charge in [-0.1, -0.05) is 7.43 Å². The maximum Gasteiger partial charge on any atom is 0.410 e. The highest BCUT2D eigenvalue weighted by atomic mass is 19.1. The normalized spacial score (nSPS) is 16.1. The second-order valence-electron chi connectivity index (χ2n) is 5.13. The monoisotopic (exact) mass is 261 g/mol. The number of ether oxygens (including phenoxy) is 1. The lowest BCUT2D eigenvalue weighted by atomic mass is 10.0. The van der Waals surface area contributed by atoms with E-state index in [1.807, 2.05) is 20.8 Å².